The van der Waals surface area contributed by atoms with Gasteiger partial charge in [0.1, 0.15) is 5.69 Å². The van der Waals surface area contributed by atoms with Crippen LogP contribution in [0.2, 0.25) is 0 Å². The highest BCUT2D eigenvalue weighted by Gasteiger charge is 2.29. The minimum Gasteiger partial charge on any atom is -0.364 e. The maximum atomic E-state index is 11.2. The Morgan fingerprint density at radius 1 is 1.29 bits per heavy atom. The van der Waals surface area contributed by atoms with E-state index in [0.29, 0.717) is 24.0 Å². The highest BCUT2D eigenvalue weighted by Crippen LogP contribution is 2.36. The van der Waals surface area contributed by atoms with Gasteiger partial charge in [0, 0.05) is 13.6 Å². The summed E-state index contributed by atoms with van der Waals surface area (Å²) in [5.41, 5.74) is 0.522. The molecule has 116 valence electrons. The van der Waals surface area contributed by atoms with E-state index in [9.17, 15) is 10.1 Å². The molecule has 7 nitrogen and oxygen atoms in total. The number of hydrogen-bond acceptors (Lipinski definition) is 6. The van der Waals surface area contributed by atoms with Gasteiger partial charge in [-0.15, -0.1) is 0 Å². The van der Waals surface area contributed by atoms with Gasteiger partial charge < -0.3 is 10.6 Å². The first-order valence-electron chi connectivity index (χ1n) is 7.40. The van der Waals surface area contributed by atoms with E-state index in [4.69, 9.17) is 0 Å². The number of nitro groups is 1. The lowest BCUT2D eigenvalue weighted by Gasteiger charge is -2.33. The van der Waals surface area contributed by atoms with Crippen LogP contribution in [0.25, 0.3) is 0 Å². The Kier molecular flexibility index (Phi) is 4.59. The first-order chi connectivity index (χ1) is 9.95. The molecule has 1 saturated carbocycles. The summed E-state index contributed by atoms with van der Waals surface area (Å²) in [6, 6.07) is 0. The smallest absolute Gasteiger partial charge is 0.332 e. The molecule has 2 N–H and O–H groups in total. The van der Waals surface area contributed by atoms with Crippen LogP contribution in [-0.4, -0.2) is 28.5 Å². The van der Waals surface area contributed by atoms with Crippen molar-refractivity contribution >= 4 is 17.5 Å². The summed E-state index contributed by atoms with van der Waals surface area (Å²) in [6.07, 6.45) is 6.04. The average Bonchev–Trinajstić information content (AvgIpc) is 2.45. The molecule has 2 rings (SSSR count). The van der Waals surface area contributed by atoms with Crippen LogP contribution in [0, 0.1) is 22.5 Å². The second-order valence-corrected chi connectivity index (χ2v) is 6.06. The van der Waals surface area contributed by atoms with Gasteiger partial charge in [0.2, 0.25) is 11.8 Å². The molecule has 7 heteroatoms. The molecular formula is C14H23N5O2. The zero-order valence-electron chi connectivity index (χ0n) is 12.9. The molecule has 0 aliphatic heterocycles. The number of anilines is 2. The minimum atomic E-state index is -0.416. The number of hydrogen-bond donors (Lipinski definition) is 2. The van der Waals surface area contributed by atoms with Gasteiger partial charge in [0.15, 0.2) is 0 Å². The van der Waals surface area contributed by atoms with E-state index in [2.05, 4.69) is 27.5 Å². The van der Waals surface area contributed by atoms with E-state index >= 15 is 0 Å². The predicted molar refractivity (Wildman–Crippen MR) is 82.7 cm³/mol. The number of nitrogens with one attached hydrogen (secondary N) is 2. The Bertz CT molecular complexity index is 526. The fourth-order valence-corrected chi connectivity index (χ4v) is 2.90. The van der Waals surface area contributed by atoms with Crippen molar-refractivity contribution in [3.05, 3.63) is 15.8 Å². The first-order valence-corrected chi connectivity index (χ1v) is 7.40. The standard InChI is InChI=1S/C14H23N5O2/c1-10-11(19(20)21)12(18-13(15-3)17-10)16-9-14(2)7-5-4-6-8-14/h4-9H2,1-3H3,(H2,15,16,17,18). The molecule has 0 atom stereocenters. The average molecular weight is 293 g/mol. The van der Waals surface area contributed by atoms with E-state index in [1.54, 1.807) is 14.0 Å². The van der Waals surface area contributed by atoms with Crippen molar-refractivity contribution in [2.45, 2.75) is 46.0 Å². The van der Waals surface area contributed by atoms with Crippen LogP contribution in [0.15, 0.2) is 0 Å². The zero-order valence-corrected chi connectivity index (χ0v) is 12.9. The zero-order chi connectivity index (χ0) is 15.5. The Hall–Kier alpha value is -1.92. The molecule has 0 radical (unpaired) electrons. The highest BCUT2D eigenvalue weighted by molar-refractivity contribution is 5.60. The fraction of sp³-hybridized carbons (Fsp3) is 0.714. The van der Waals surface area contributed by atoms with Gasteiger partial charge in [0.25, 0.3) is 0 Å². The van der Waals surface area contributed by atoms with Gasteiger partial charge in [-0.3, -0.25) is 10.1 Å². The molecule has 0 amide bonds. The molecule has 1 aromatic heterocycles. The summed E-state index contributed by atoms with van der Waals surface area (Å²) in [6.45, 7) is 4.57. The third kappa shape index (κ3) is 3.59. The van der Waals surface area contributed by atoms with E-state index in [0.717, 1.165) is 12.8 Å². The maximum absolute atomic E-state index is 11.2. The monoisotopic (exact) mass is 293 g/mol. The molecule has 1 aliphatic carbocycles. The first kappa shape index (κ1) is 15.5. The van der Waals surface area contributed by atoms with Gasteiger partial charge in [-0.2, -0.15) is 4.98 Å². The third-order valence-electron chi connectivity index (χ3n) is 4.21. The van der Waals surface area contributed by atoms with Crippen LogP contribution in [-0.2, 0) is 0 Å². The molecule has 1 heterocycles. The summed E-state index contributed by atoms with van der Waals surface area (Å²) in [4.78, 5) is 19.1. The molecule has 21 heavy (non-hydrogen) atoms. The van der Waals surface area contributed by atoms with Gasteiger partial charge in [-0.25, -0.2) is 4.98 Å². The molecule has 1 aliphatic rings. The van der Waals surface area contributed by atoms with Crippen LogP contribution >= 0.6 is 0 Å². The summed E-state index contributed by atoms with van der Waals surface area (Å²) in [5.74, 6) is 0.707. The van der Waals surface area contributed by atoms with Crippen molar-refractivity contribution in [1.82, 2.24) is 9.97 Å². The lowest BCUT2D eigenvalue weighted by atomic mass is 9.76. The molecule has 1 fully saturated rings. The van der Waals surface area contributed by atoms with Gasteiger partial charge in [-0.05, 0) is 25.2 Å². The van der Waals surface area contributed by atoms with Crippen molar-refractivity contribution in [1.29, 1.82) is 0 Å². The SMILES string of the molecule is CNc1nc(C)c([N+](=O)[O-])c(NCC2(C)CCCCC2)n1. The Morgan fingerprint density at radius 2 is 1.95 bits per heavy atom. The number of rotatable bonds is 5. The van der Waals surface area contributed by atoms with Crippen molar-refractivity contribution in [2.75, 3.05) is 24.2 Å². The quantitative estimate of drug-likeness (QED) is 0.640. The van der Waals surface area contributed by atoms with Crippen molar-refractivity contribution in [2.24, 2.45) is 5.41 Å². The Labute approximate surface area is 124 Å². The van der Waals surface area contributed by atoms with Crippen molar-refractivity contribution in [3.63, 3.8) is 0 Å². The van der Waals surface area contributed by atoms with Gasteiger partial charge >= 0.3 is 5.69 Å². The lowest BCUT2D eigenvalue weighted by molar-refractivity contribution is -0.385. The van der Waals surface area contributed by atoms with Gasteiger partial charge in [0.05, 0.1) is 4.92 Å². The summed E-state index contributed by atoms with van der Waals surface area (Å²) in [7, 11) is 1.70. The third-order valence-corrected chi connectivity index (χ3v) is 4.21. The number of aromatic nitrogens is 2. The van der Waals surface area contributed by atoms with Crippen molar-refractivity contribution in [3.8, 4) is 0 Å². The van der Waals surface area contributed by atoms with Gasteiger partial charge in [-0.1, -0.05) is 26.2 Å². The van der Waals surface area contributed by atoms with E-state index in [-0.39, 0.29) is 11.1 Å². The highest BCUT2D eigenvalue weighted by atomic mass is 16.6. The Morgan fingerprint density at radius 3 is 2.52 bits per heavy atom. The summed E-state index contributed by atoms with van der Waals surface area (Å²) in [5, 5.41) is 17.3. The van der Waals surface area contributed by atoms with E-state index < -0.39 is 4.92 Å². The van der Waals surface area contributed by atoms with Crippen LogP contribution in [0.5, 0.6) is 0 Å². The predicted octanol–water partition coefficient (Wildman–Crippen LogP) is 3.12. The molecule has 1 aromatic rings. The van der Waals surface area contributed by atoms with Crippen LogP contribution in [0.3, 0.4) is 0 Å². The fourth-order valence-electron chi connectivity index (χ4n) is 2.90. The molecule has 0 spiro atoms. The number of nitrogens with zero attached hydrogens (tertiary/aromatic N) is 3. The largest absolute Gasteiger partial charge is 0.364 e. The summed E-state index contributed by atoms with van der Waals surface area (Å²) >= 11 is 0. The molecule has 0 saturated heterocycles. The topological polar surface area (TPSA) is 93.0 Å². The van der Waals surface area contributed by atoms with Crippen LogP contribution in [0.4, 0.5) is 17.5 Å². The van der Waals surface area contributed by atoms with Crippen molar-refractivity contribution < 1.29 is 4.92 Å². The normalized spacial score (nSPS) is 17.3. The van der Waals surface area contributed by atoms with Crippen LogP contribution < -0.4 is 10.6 Å². The molecule has 0 unspecified atom stereocenters. The van der Waals surface area contributed by atoms with Crippen LogP contribution in [0.1, 0.15) is 44.7 Å². The molecule has 0 aromatic carbocycles. The number of aryl methyl sites for hydroxylation is 1. The van der Waals surface area contributed by atoms with E-state index in [1.807, 2.05) is 0 Å². The Balaban J connectivity index is 2.21. The minimum absolute atomic E-state index is 0.0339. The maximum Gasteiger partial charge on any atom is 0.332 e. The second-order valence-electron chi connectivity index (χ2n) is 6.06. The summed E-state index contributed by atoms with van der Waals surface area (Å²) < 4.78 is 0. The van der Waals surface area contributed by atoms with E-state index in [1.165, 1.54) is 19.3 Å². The lowest BCUT2D eigenvalue weighted by Crippen LogP contribution is -2.29. The second kappa shape index (κ2) is 6.24. The molecule has 0 bridgehead atoms. The molecular weight excluding hydrogens is 270 g/mol.